The van der Waals surface area contributed by atoms with Crippen LogP contribution in [0, 0.1) is 5.92 Å². The Morgan fingerprint density at radius 2 is 2.15 bits per heavy atom. The van der Waals surface area contributed by atoms with Gasteiger partial charge < -0.3 is 14.7 Å². The molecule has 1 N–H and O–H groups in total. The van der Waals surface area contributed by atoms with Crippen molar-refractivity contribution in [1.29, 1.82) is 0 Å². The SMILES string of the molecule is CCc1ccc2c(c1)N(C(C)C(=O)O)CC(C(C)C)O2. The zero-order chi connectivity index (χ0) is 14.9. The number of hydrogen-bond acceptors (Lipinski definition) is 3. The predicted octanol–water partition coefficient (Wildman–Crippen LogP) is 2.95. The van der Waals surface area contributed by atoms with Crippen molar-refractivity contribution in [3.05, 3.63) is 23.8 Å². The van der Waals surface area contributed by atoms with Crippen LogP contribution >= 0.6 is 0 Å². The summed E-state index contributed by atoms with van der Waals surface area (Å²) in [6.45, 7) is 8.63. The number of carboxylic acids is 1. The molecule has 1 aromatic rings. The Morgan fingerprint density at radius 3 is 2.70 bits per heavy atom. The second-order valence-corrected chi connectivity index (χ2v) is 5.72. The van der Waals surface area contributed by atoms with E-state index in [0.29, 0.717) is 12.5 Å². The van der Waals surface area contributed by atoms with Crippen molar-refractivity contribution in [3.63, 3.8) is 0 Å². The predicted molar refractivity (Wildman–Crippen MR) is 79.5 cm³/mol. The Labute approximate surface area is 120 Å². The van der Waals surface area contributed by atoms with Crippen molar-refractivity contribution in [2.24, 2.45) is 5.92 Å². The van der Waals surface area contributed by atoms with Gasteiger partial charge in [-0.1, -0.05) is 26.8 Å². The van der Waals surface area contributed by atoms with E-state index in [1.807, 2.05) is 23.1 Å². The molecule has 4 nitrogen and oxygen atoms in total. The molecule has 0 spiro atoms. The third-order valence-corrected chi connectivity index (χ3v) is 3.96. The minimum Gasteiger partial charge on any atom is -0.486 e. The van der Waals surface area contributed by atoms with Crippen molar-refractivity contribution in [1.82, 2.24) is 0 Å². The Morgan fingerprint density at radius 1 is 1.45 bits per heavy atom. The lowest BCUT2D eigenvalue weighted by molar-refractivity contribution is -0.138. The van der Waals surface area contributed by atoms with Crippen LogP contribution in [0.1, 0.15) is 33.3 Å². The lowest BCUT2D eigenvalue weighted by Crippen LogP contribution is -2.49. The van der Waals surface area contributed by atoms with E-state index >= 15 is 0 Å². The summed E-state index contributed by atoms with van der Waals surface area (Å²) in [7, 11) is 0. The van der Waals surface area contributed by atoms with Crippen molar-refractivity contribution in [2.45, 2.75) is 46.3 Å². The Balaban J connectivity index is 2.42. The second-order valence-electron chi connectivity index (χ2n) is 5.72. The number of nitrogens with zero attached hydrogens (tertiary/aromatic N) is 1. The highest BCUT2D eigenvalue weighted by Crippen LogP contribution is 2.37. The number of hydrogen-bond donors (Lipinski definition) is 1. The largest absolute Gasteiger partial charge is 0.486 e. The summed E-state index contributed by atoms with van der Waals surface area (Å²) in [5.74, 6) is 0.333. The van der Waals surface area contributed by atoms with Crippen molar-refractivity contribution in [2.75, 3.05) is 11.4 Å². The maximum Gasteiger partial charge on any atom is 0.326 e. The third kappa shape index (κ3) is 2.74. The molecule has 1 aliphatic heterocycles. The highest BCUT2D eigenvalue weighted by molar-refractivity contribution is 5.79. The molecule has 2 unspecified atom stereocenters. The number of anilines is 1. The van der Waals surface area contributed by atoms with Gasteiger partial charge in [-0.05, 0) is 37.0 Å². The summed E-state index contributed by atoms with van der Waals surface area (Å²) in [6, 6.07) is 5.51. The summed E-state index contributed by atoms with van der Waals surface area (Å²) in [5, 5.41) is 9.33. The lowest BCUT2D eigenvalue weighted by Gasteiger charge is -2.40. The monoisotopic (exact) mass is 277 g/mol. The molecular weight excluding hydrogens is 254 g/mol. The van der Waals surface area contributed by atoms with Crippen LogP contribution in [-0.4, -0.2) is 29.8 Å². The van der Waals surface area contributed by atoms with E-state index in [2.05, 4.69) is 20.8 Å². The van der Waals surface area contributed by atoms with Crippen LogP contribution in [0.5, 0.6) is 5.75 Å². The van der Waals surface area contributed by atoms with Crippen LogP contribution in [0.25, 0.3) is 0 Å². The Hall–Kier alpha value is -1.71. The fraction of sp³-hybridized carbons (Fsp3) is 0.562. The first-order valence-corrected chi connectivity index (χ1v) is 7.23. The number of fused-ring (bicyclic) bond motifs is 1. The number of aliphatic carboxylic acids is 1. The highest BCUT2D eigenvalue weighted by atomic mass is 16.5. The van der Waals surface area contributed by atoms with Gasteiger partial charge in [0.05, 0.1) is 12.2 Å². The van der Waals surface area contributed by atoms with Gasteiger partial charge in [0.1, 0.15) is 17.9 Å². The van der Waals surface area contributed by atoms with E-state index in [1.54, 1.807) is 6.92 Å². The minimum absolute atomic E-state index is 0.0248. The molecule has 2 atom stereocenters. The smallest absolute Gasteiger partial charge is 0.326 e. The molecule has 0 amide bonds. The molecule has 1 heterocycles. The molecule has 0 saturated heterocycles. The maximum absolute atomic E-state index is 11.4. The van der Waals surface area contributed by atoms with Crippen LogP contribution in [0.4, 0.5) is 5.69 Å². The Bertz CT molecular complexity index is 498. The molecular formula is C16H23NO3. The van der Waals surface area contributed by atoms with Crippen molar-refractivity contribution >= 4 is 11.7 Å². The van der Waals surface area contributed by atoms with Gasteiger partial charge >= 0.3 is 5.97 Å². The van der Waals surface area contributed by atoms with Crippen LogP contribution in [0.15, 0.2) is 18.2 Å². The molecule has 110 valence electrons. The average Bonchev–Trinajstić information content (AvgIpc) is 2.44. The molecule has 0 bridgehead atoms. The first-order chi connectivity index (χ1) is 9.43. The highest BCUT2D eigenvalue weighted by Gasteiger charge is 2.33. The van der Waals surface area contributed by atoms with Crippen molar-refractivity contribution < 1.29 is 14.6 Å². The normalized spacial score (nSPS) is 19.4. The first kappa shape index (κ1) is 14.7. The van der Waals surface area contributed by atoms with E-state index in [1.165, 1.54) is 5.56 Å². The molecule has 0 aromatic heterocycles. The van der Waals surface area contributed by atoms with Crippen LogP contribution in [-0.2, 0) is 11.2 Å². The van der Waals surface area contributed by atoms with E-state index in [9.17, 15) is 9.90 Å². The number of benzene rings is 1. The summed E-state index contributed by atoms with van der Waals surface area (Å²) in [4.78, 5) is 13.3. The lowest BCUT2D eigenvalue weighted by atomic mass is 10.0. The maximum atomic E-state index is 11.4. The van der Waals surface area contributed by atoms with E-state index < -0.39 is 12.0 Å². The van der Waals surface area contributed by atoms with E-state index in [0.717, 1.165) is 17.9 Å². The van der Waals surface area contributed by atoms with Gasteiger partial charge in [0.2, 0.25) is 0 Å². The second kappa shape index (κ2) is 5.73. The van der Waals surface area contributed by atoms with Gasteiger partial charge in [-0.2, -0.15) is 0 Å². The summed E-state index contributed by atoms with van der Waals surface area (Å²) >= 11 is 0. The van der Waals surface area contributed by atoms with Crippen LogP contribution in [0.2, 0.25) is 0 Å². The molecule has 0 saturated carbocycles. The molecule has 2 rings (SSSR count). The molecule has 1 aromatic carbocycles. The Kier molecular flexibility index (Phi) is 4.21. The zero-order valence-corrected chi connectivity index (χ0v) is 12.6. The minimum atomic E-state index is -0.803. The van der Waals surface area contributed by atoms with Gasteiger partial charge in [0, 0.05) is 0 Å². The number of aryl methyl sites for hydroxylation is 1. The zero-order valence-electron chi connectivity index (χ0n) is 12.6. The van der Waals surface area contributed by atoms with Gasteiger partial charge in [-0.15, -0.1) is 0 Å². The summed E-state index contributed by atoms with van der Waals surface area (Å²) in [5.41, 5.74) is 2.09. The molecule has 20 heavy (non-hydrogen) atoms. The van der Waals surface area contributed by atoms with Gasteiger partial charge in [0.25, 0.3) is 0 Å². The fourth-order valence-corrected chi connectivity index (χ4v) is 2.45. The fourth-order valence-electron chi connectivity index (χ4n) is 2.45. The van der Waals surface area contributed by atoms with E-state index in [-0.39, 0.29) is 6.10 Å². The standard InChI is InChI=1S/C16H23NO3/c1-5-12-6-7-14-13(8-12)17(11(4)16(18)19)9-15(20-14)10(2)3/h6-8,10-11,15H,5,9H2,1-4H3,(H,18,19). The summed E-state index contributed by atoms with van der Waals surface area (Å²) in [6.07, 6.45) is 0.952. The van der Waals surface area contributed by atoms with Crippen LogP contribution < -0.4 is 9.64 Å². The number of carbonyl (C=O) groups is 1. The summed E-state index contributed by atoms with van der Waals surface area (Å²) < 4.78 is 6.02. The molecule has 0 aliphatic carbocycles. The quantitative estimate of drug-likeness (QED) is 0.919. The van der Waals surface area contributed by atoms with Crippen LogP contribution in [0.3, 0.4) is 0 Å². The number of ether oxygens (including phenoxy) is 1. The average molecular weight is 277 g/mol. The molecule has 0 fully saturated rings. The number of carboxylic acid groups (broad SMARTS) is 1. The van der Waals surface area contributed by atoms with Crippen molar-refractivity contribution in [3.8, 4) is 5.75 Å². The van der Waals surface area contributed by atoms with Gasteiger partial charge in [-0.25, -0.2) is 4.79 Å². The van der Waals surface area contributed by atoms with Gasteiger partial charge in [0.15, 0.2) is 0 Å². The topological polar surface area (TPSA) is 49.8 Å². The number of rotatable bonds is 4. The molecule has 1 aliphatic rings. The molecule has 0 radical (unpaired) electrons. The van der Waals surface area contributed by atoms with Gasteiger partial charge in [-0.3, -0.25) is 0 Å². The van der Waals surface area contributed by atoms with E-state index in [4.69, 9.17) is 4.74 Å². The first-order valence-electron chi connectivity index (χ1n) is 7.23. The third-order valence-electron chi connectivity index (χ3n) is 3.96. The molecule has 4 heteroatoms.